The topological polar surface area (TPSA) is 26.3 Å². The van der Waals surface area contributed by atoms with Gasteiger partial charge in [-0.15, -0.1) is 11.3 Å². The summed E-state index contributed by atoms with van der Waals surface area (Å²) in [7, 11) is 0. The number of ether oxygens (including phenoxy) is 1. The van der Waals surface area contributed by atoms with Gasteiger partial charge < -0.3 is 4.74 Å². The zero-order chi connectivity index (χ0) is 22.9. The van der Waals surface area contributed by atoms with Crippen molar-refractivity contribution in [3.05, 3.63) is 94.1 Å². The van der Waals surface area contributed by atoms with Crippen molar-refractivity contribution in [2.24, 2.45) is 0 Å². The quantitative estimate of drug-likeness (QED) is 0.229. The van der Waals surface area contributed by atoms with Gasteiger partial charge in [0.05, 0.1) is 17.7 Å². The van der Waals surface area contributed by atoms with Gasteiger partial charge in [-0.3, -0.25) is 0 Å². The Morgan fingerprint density at radius 1 is 1.00 bits per heavy atom. The van der Waals surface area contributed by atoms with Crippen LogP contribution in [-0.2, 0) is 17.3 Å². The lowest BCUT2D eigenvalue weighted by Crippen LogP contribution is -2.05. The first-order chi connectivity index (χ1) is 15.3. The summed E-state index contributed by atoms with van der Waals surface area (Å²) in [4.78, 5) is 12.4. The van der Waals surface area contributed by atoms with E-state index < -0.39 is 23.5 Å². The van der Waals surface area contributed by atoms with Crippen molar-refractivity contribution in [2.75, 3.05) is 6.61 Å². The monoisotopic (exact) mass is 458 g/mol. The molecular formula is C25H18F4O2S. The first-order valence-corrected chi connectivity index (χ1v) is 10.7. The van der Waals surface area contributed by atoms with E-state index in [1.54, 1.807) is 43.3 Å². The molecule has 0 saturated carbocycles. The SMILES string of the molecule is CCOC(=O)c1cccc(-c2cccc3c(F)c(Cc4cccc(C(F)(F)F)c4)sc23)c1. The zero-order valence-corrected chi connectivity index (χ0v) is 17.8. The van der Waals surface area contributed by atoms with E-state index in [-0.39, 0.29) is 13.0 Å². The molecular weight excluding hydrogens is 440 g/mol. The molecule has 0 radical (unpaired) electrons. The lowest BCUT2D eigenvalue weighted by molar-refractivity contribution is -0.137. The lowest BCUT2D eigenvalue weighted by Gasteiger charge is -2.08. The van der Waals surface area contributed by atoms with Crippen molar-refractivity contribution < 1.29 is 27.1 Å². The van der Waals surface area contributed by atoms with E-state index in [1.807, 2.05) is 12.1 Å². The normalized spacial score (nSPS) is 11.7. The molecule has 3 aromatic carbocycles. The highest BCUT2D eigenvalue weighted by molar-refractivity contribution is 7.19. The highest BCUT2D eigenvalue weighted by atomic mass is 32.1. The molecule has 0 aliphatic rings. The van der Waals surface area contributed by atoms with Crippen molar-refractivity contribution in [1.29, 1.82) is 0 Å². The van der Waals surface area contributed by atoms with Crippen LogP contribution in [0.4, 0.5) is 17.6 Å². The van der Waals surface area contributed by atoms with E-state index in [4.69, 9.17) is 4.74 Å². The smallest absolute Gasteiger partial charge is 0.416 e. The van der Waals surface area contributed by atoms with Crippen molar-refractivity contribution in [3.8, 4) is 11.1 Å². The van der Waals surface area contributed by atoms with Gasteiger partial charge in [-0.1, -0.05) is 48.5 Å². The molecule has 0 unspecified atom stereocenters. The molecule has 1 heterocycles. The molecule has 0 fully saturated rings. The Kier molecular flexibility index (Phi) is 6.02. The second-order valence-electron chi connectivity index (χ2n) is 7.20. The number of benzene rings is 3. The van der Waals surface area contributed by atoms with Gasteiger partial charge in [0.2, 0.25) is 0 Å². The first-order valence-electron chi connectivity index (χ1n) is 9.91. The maximum absolute atomic E-state index is 15.2. The third kappa shape index (κ3) is 4.39. The molecule has 1 aromatic heterocycles. The maximum atomic E-state index is 15.2. The van der Waals surface area contributed by atoms with Gasteiger partial charge in [-0.25, -0.2) is 9.18 Å². The summed E-state index contributed by atoms with van der Waals surface area (Å²) in [6.07, 6.45) is -4.40. The molecule has 0 amide bonds. The van der Waals surface area contributed by atoms with Crippen LogP contribution >= 0.6 is 11.3 Å². The number of thiophene rings is 1. The number of alkyl halides is 3. The Labute approximate surface area is 186 Å². The third-order valence-electron chi connectivity index (χ3n) is 5.03. The number of esters is 1. The van der Waals surface area contributed by atoms with E-state index in [9.17, 15) is 18.0 Å². The second kappa shape index (κ2) is 8.74. The summed E-state index contributed by atoms with van der Waals surface area (Å²) in [5.41, 5.74) is 1.49. The van der Waals surface area contributed by atoms with Crippen LogP contribution in [-0.4, -0.2) is 12.6 Å². The fraction of sp³-hybridized carbons (Fsp3) is 0.160. The number of carbonyl (C=O) groups excluding carboxylic acids is 1. The molecule has 32 heavy (non-hydrogen) atoms. The van der Waals surface area contributed by atoms with Crippen molar-refractivity contribution in [1.82, 2.24) is 0 Å². The van der Waals surface area contributed by atoms with Gasteiger partial charge in [0.25, 0.3) is 0 Å². The summed E-state index contributed by atoms with van der Waals surface area (Å²) in [5.74, 6) is -0.880. The van der Waals surface area contributed by atoms with E-state index in [0.717, 1.165) is 23.3 Å². The van der Waals surface area contributed by atoms with Crippen LogP contribution in [0, 0.1) is 5.82 Å². The molecule has 164 valence electrons. The second-order valence-corrected chi connectivity index (χ2v) is 8.30. The number of hydrogen-bond donors (Lipinski definition) is 0. The Hall–Kier alpha value is -3.19. The Balaban J connectivity index is 1.74. The molecule has 4 rings (SSSR count). The number of fused-ring (bicyclic) bond motifs is 1. The van der Waals surface area contributed by atoms with Gasteiger partial charge in [0.15, 0.2) is 0 Å². The largest absolute Gasteiger partial charge is 0.462 e. The molecule has 4 aromatic rings. The van der Waals surface area contributed by atoms with Crippen LogP contribution in [0.25, 0.3) is 21.2 Å². The number of rotatable bonds is 5. The first kappa shape index (κ1) is 22.0. The molecule has 0 saturated heterocycles. The minimum Gasteiger partial charge on any atom is -0.462 e. The molecule has 7 heteroatoms. The minimum absolute atomic E-state index is 0.0530. The van der Waals surface area contributed by atoms with E-state index >= 15 is 4.39 Å². The molecule has 2 nitrogen and oxygen atoms in total. The lowest BCUT2D eigenvalue weighted by atomic mass is 10.0. The molecule has 0 atom stereocenters. The Bertz CT molecular complexity index is 1290. The van der Waals surface area contributed by atoms with Crippen molar-refractivity contribution in [2.45, 2.75) is 19.5 Å². The van der Waals surface area contributed by atoms with Crippen molar-refractivity contribution >= 4 is 27.4 Å². The molecule has 0 aliphatic carbocycles. The van der Waals surface area contributed by atoms with Gasteiger partial charge in [0, 0.05) is 21.4 Å². The van der Waals surface area contributed by atoms with E-state index in [1.165, 1.54) is 17.4 Å². The minimum atomic E-state index is -4.45. The van der Waals surface area contributed by atoms with Crippen LogP contribution in [0.3, 0.4) is 0 Å². The summed E-state index contributed by atoms with van der Waals surface area (Å²) in [6, 6.07) is 17.0. The number of carbonyl (C=O) groups is 1. The number of halogens is 4. The van der Waals surface area contributed by atoms with Crippen LogP contribution < -0.4 is 0 Å². The fourth-order valence-electron chi connectivity index (χ4n) is 3.55. The van der Waals surface area contributed by atoms with Crippen LogP contribution in [0.15, 0.2) is 66.7 Å². The standard InChI is InChI=1S/C25H18F4O2S/c1-2-31-24(30)17-8-4-7-16(14-17)19-10-5-11-20-22(26)21(32-23(19)20)13-15-6-3-9-18(12-15)25(27,28)29/h3-12,14H,2,13H2,1H3. The molecule has 0 aliphatic heterocycles. The van der Waals surface area contributed by atoms with Crippen LogP contribution in [0.1, 0.15) is 33.3 Å². The average Bonchev–Trinajstić information content (AvgIpc) is 3.09. The van der Waals surface area contributed by atoms with Crippen LogP contribution in [0.5, 0.6) is 0 Å². The molecule has 0 N–H and O–H groups in total. The van der Waals surface area contributed by atoms with Crippen LogP contribution in [0.2, 0.25) is 0 Å². The van der Waals surface area contributed by atoms with Gasteiger partial charge in [0.1, 0.15) is 5.82 Å². The fourth-order valence-corrected chi connectivity index (χ4v) is 4.80. The summed E-state index contributed by atoms with van der Waals surface area (Å²) >= 11 is 1.21. The predicted molar refractivity (Wildman–Crippen MR) is 117 cm³/mol. The molecule has 0 spiro atoms. The maximum Gasteiger partial charge on any atom is 0.416 e. The zero-order valence-electron chi connectivity index (χ0n) is 17.0. The summed E-state index contributed by atoms with van der Waals surface area (Å²) in [6.45, 7) is 1.98. The predicted octanol–water partition coefficient (Wildman–Crippen LogP) is 7.49. The van der Waals surface area contributed by atoms with Gasteiger partial charge >= 0.3 is 12.1 Å². The Morgan fingerprint density at radius 3 is 2.50 bits per heavy atom. The van der Waals surface area contributed by atoms with Gasteiger partial charge in [-0.2, -0.15) is 13.2 Å². The highest BCUT2D eigenvalue weighted by Crippen LogP contribution is 2.39. The highest BCUT2D eigenvalue weighted by Gasteiger charge is 2.30. The van der Waals surface area contributed by atoms with E-state index in [2.05, 4.69) is 0 Å². The molecule has 0 bridgehead atoms. The third-order valence-corrected chi connectivity index (χ3v) is 6.24. The summed E-state index contributed by atoms with van der Waals surface area (Å²) < 4.78 is 60.0. The van der Waals surface area contributed by atoms with E-state index in [0.29, 0.717) is 26.1 Å². The average molecular weight is 458 g/mol. The Morgan fingerprint density at radius 2 is 1.75 bits per heavy atom. The summed E-state index contributed by atoms with van der Waals surface area (Å²) in [5, 5.41) is 0.399. The van der Waals surface area contributed by atoms with Gasteiger partial charge in [-0.05, 0) is 41.8 Å². The number of hydrogen-bond acceptors (Lipinski definition) is 3. The van der Waals surface area contributed by atoms with Crippen molar-refractivity contribution in [3.63, 3.8) is 0 Å².